The fourth-order valence-corrected chi connectivity index (χ4v) is 3.68. The number of hydrogen-bond acceptors (Lipinski definition) is 3. The molecule has 0 bridgehead atoms. The van der Waals surface area contributed by atoms with Crippen molar-refractivity contribution in [2.24, 2.45) is 0 Å². The van der Waals surface area contributed by atoms with Gasteiger partial charge in [0.25, 0.3) is 0 Å². The van der Waals surface area contributed by atoms with Gasteiger partial charge in [-0.1, -0.05) is 59.7 Å². The highest BCUT2D eigenvalue weighted by molar-refractivity contribution is 7.42. The molecule has 0 aliphatic heterocycles. The van der Waals surface area contributed by atoms with Gasteiger partial charge in [-0.2, -0.15) is 0 Å². The maximum absolute atomic E-state index is 6.14. The first-order valence-corrected chi connectivity index (χ1v) is 9.79. The molecule has 130 valence electrons. The highest BCUT2D eigenvalue weighted by Gasteiger charge is 2.20. The molecule has 0 N–H and O–H groups in total. The highest BCUT2D eigenvalue weighted by atomic mass is 35.5. The van der Waals surface area contributed by atoms with Gasteiger partial charge in [-0.05, 0) is 42.8 Å². The van der Waals surface area contributed by atoms with Crippen molar-refractivity contribution in [1.82, 2.24) is 0 Å². The van der Waals surface area contributed by atoms with Gasteiger partial charge >= 0.3 is 8.60 Å². The first kappa shape index (κ1) is 19.9. The largest absolute Gasteiger partial charge is 0.463 e. The minimum Gasteiger partial charge on any atom is -0.416 e. The van der Waals surface area contributed by atoms with E-state index in [0.29, 0.717) is 38.2 Å². The Labute approximate surface area is 162 Å². The van der Waals surface area contributed by atoms with Crippen LogP contribution in [0.5, 0.6) is 11.5 Å². The van der Waals surface area contributed by atoms with Gasteiger partial charge in [0.2, 0.25) is 0 Å². The molecule has 0 saturated carbocycles. The van der Waals surface area contributed by atoms with E-state index < -0.39 is 8.60 Å². The molecule has 0 amide bonds. The van der Waals surface area contributed by atoms with E-state index in [1.165, 1.54) is 0 Å². The van der Waals surface area contributed by atoms with Crippen LogP contribution in [0.2, 0.25) is 20.1 Å². The van der Waals surface area contributed by atoms with Crippen LogP contribution >= 0.6 is 55.0 Å². The van der Waals surface area contributed by atoms with Crippen molar-refractivity contribution in [3.63, 3.8) is 0 Å². The van der Waals surface area contributed by atoms with Gasteiger partial charge in [-0.25, -0.2) is 0 Å². The molecule has 0 radical (unpaired) electrons. The van der Waals surface area contributed by atoms with E-state index in [1.807, 2.05) is 0 Å². The molecule has 24 heavy (non-hydrogen) atoms. The van der Waals surface area contributed by atoms with Gasteiger partial charge in [-0.3, -0.25) is 4.52 Å². The second kappa shape index (κ2) is 9.91. The Morgan fingerprint density at radius 3 is 1.75 bits per heavy atom. The van der Waals surface area contributed by atoms with Crippen LogP contribution in [0, 0.1) is 0 Å². The van der Waals surface area contributed by atoms with Gasteiger partial charge in [-0.15, -0.1) is 0 Å². The summed E-state index contributed by atoms with van der Waals surface area (Å²) in [5.74, 6) is 0.850. The van der Waals surface area contributed by atoms with Crippen molar-refractivity contribution in [3.05, 3.63) is 56.5 Å². The highest BCUT2D eigenvalue weighted by Crippen LogP contribution is 2.46. The Kier molecular flexibility index (Phi) is 8.22. The SMILES string of the molecule is CCCCOP(Oc1ccc(Cl)cc1Cl)Oc1ccc(Cl)cc1Cl. The van der Waals surface area contributed by atoms with Gasteiger partial charge in [0.05, 0.1) is 16.7 Å². The molecule has 0 saturated heterocycles. The molecular formula is C16H15Cl4O3P. The van der Waals surface area contributed by atoms with E-state index in [1.54, 1.807) is 36.4 Å². The molecule has 0 heterocycles. The van der Waals surface area contributed by atoms with Crippen molar-refractivity contribution in [2.45, 2.75) is 19.8 Å². The summed E-state index contributed by atoms with van der Waals surface area (Å²) >= 11 is 24.1. The molecule has 0 unspecified atom stereocenters. The van der Waals surface area contributed by atoms with Crippen LogP contribution < -0.4 is 9.05 Å². The average molecular weight is 428 g/mol. The molecule has 8 heteroatoms. The summed E-state index contributed by atoms with van der Waals surface area (Å²) in [6.45, 7) is 2.57. The lowest BCUT2D eigenvalue weighted by Gasteiger charge is -2.19. The van der Waals surface area contributed by atoms with Crippen molar-refractivity contribution in [1.29, 1.82) is 0 Å². The lowest BCUT2D eigenvalue weighted by atomic mass is 10.3. The minimum atomic E-state index is -1.73. The molecule has 0 aliphatic carbocycles. The monoisotopic (exact) mass is 426 g/mol. The summed E-state index contributed by atoms with van der Waals surface area (Å²) in [6.07, 6.45) is 1.88. The second-order valence-corrected chi connectivity index (χ2v) is 7.50. The van der Waals surface area contributed by atoms with E-state index in [2.05, 4.69) is 6.92 Å². The lowest BCUT2D eigenvalue weighted by molar-refractivity contribution is 0.261. The van der Waals surface area contributed by atoms with Gasteiger partial charge in [0.15, 0.2) is 0 Å². The molecule has 2 aromatic carbocycles. The summed E-state index contributed by atoms with van der Waals surface area (Å²) < 4.78 is 17.2. The second-order valence-electron chi connectivity index (χ2n) is 4.74. The van der Waals surface area contributed by atoms with E-state index >= 15 is 0 Å². The van der Waals surface area contributed by atoms with E-state index in [9.17, 15) is 0 Å². The van der Waals surface area contributed by atoms with E-state index in [0.717, 1.165) is 12.8 Å². The quantitative estimate of drug-likeness (QED) is 0.317. The predicted molar refractivity (Wildman–Crippen MR) is 102 cm³/mol. The predicted octanol–water partition coefficient (Wildman–Crippen LogP) is 7.80. The van der Waals surface area contributed by atoms with E-state index in [4.69, 9.17) is 60.0 Å². The fourth-order valence-electron chi connectivity index (χ4n) is 1.61. The van der Waals surface area contributed by atoms with Gasteiger partial charge in [0.1, 0.15) is 11.5 Å². The summed E-state index contributed by atoms with van der Waals surface area (Å²) in [7, 11) is -1.73. The zero-order valence-corrected chi connectivity index (χ0v) is 16.7. The number of benzene rings is 2. The van der Waals surface area contributed by atoms with Gasteiger partial charge < -0.3 is 9.05 Å². The minimum absolute atomic E-state index is 0.375. The Balaban J connectivity index is 2.14. The van der Waals surface area contributed by atoms with Crippen molar-refractivity contribution >= 4 is 55.0 Å². The van der Waals surface area contributed by atoms with Crippen LogP contribution in [0.15, 0.2) is 36.4 Å². The van der Waals surface area contributed by atoms with Crippen LogP contribution in [0.25, 0.3) is 0 Å². The Morgan fingerprint density at radius 1 is 0.833 bits per heavy atom. The molecule has 2 aromatic rings. The van der Waals surface area contributed by atoms with E-state index in [-0.39, 0.29) is 0 Å². The molecule has 0 spiro atoms. The molecule has 0 atom stereocenters. The first-order chi connectivity index (χ1) is 11.5. The standard InChI is InChI=1S/C16H15Cl4O3P/c1-2-3-8-21-24(22-15-6-4-11(17)9-13(15)19)23-16-7-5-12(18)10-14(16)20/h4-7,9-10H,2-3,8H2,1H3. The Morgan fingerprint density at radius 2 is 1.33 bits per heavy atom. The molecule has 0 fully saturated rings. The maximum atomic E-state index is 6.14. The Bertz CT molecular complexity index is 631. The lowest BCUT2D eigenvalue weighted by Crippen LogP contribution is -2.02. The molecular weight excluding hydrogens is 413 g/mol. The normalized spacial score (nSPS) is 10.9. The number of hydrogen-bond donors (Lipinski definition) is 0. The van der Waals surface area contributed by atoms with Crippen molar-refractivity contribution < 1.29 is 13.6 Å². The zero-order chi connectivity index (χ0) is 17.5. The number of rotatable bonds is 8. The third-order valence-electron chi connectivity index (χ3n) is 2.83. The van der Waals surface area contributed by atoms with Crippen molar-refractivity contribution in [2.75, 3.05) is 6.61 Å². The molecule has 2 rings (SSSR count). The summed E-state index contributed by atoms with van der Waals surface area (Å²) in [6, 6.07) is 9.86. The van der Waals surface area contributed by atoms with Crippen LogP contribution in [-0.4, -0.2) is 6.61 Å². The third kappa shape index (κ3) is 6.15. The van der Waals surface area contributed by atoms with Crippen LogP contribution in [-0.2, 0) is 4.52 Å². The van der Waals surface area contributed by atoms with Crippen LogP contribution in [0.4, 0.5) is 0 Å². The summed E-state index contributed by atoms with van der Waals surface area (Å²) in [5, 5.41) is 1.79. The Hall–Kier alpha value is -0.410. The third-order valence-corrected chi connectivity index (χ3v) is 4.97. The average Bonchev–Trinajstić information content (AvgIpc) is 2.52. The molecule has 0 aliphatic rings. The molecule has 3 nitrogen and oxygen atoms in total. The zero-order valence-electron chi connectivity index (χ0n) is 12.8. The number of unbranched alkanes of at least 4 members (excludes halogenated alkanes) is 1. The first-order valence-electron chi connectivity index (χ1n) is 7.18. The maximum Gasteiger partial charge on any atom is 0.463 e. The summed E-state index contributed by atoms with van der Waals surface area (Å²) in [4.78, 5) is 0. The number of halogens is 4. The topological polar surface area (TPSA) is 27.7 Å². The van der Waals surface area contributed by atoms with Crippen LogP contribution in [0.3, 0.4) is 0 Å². The van der Waals surface area contributed by atoms with Gasteiger partial charge in [0, 0.05) is 10.0 Å². The fraction of sp³-hybridized carbons (Fsp3) is 0.250. The smallest absolute Gasteiger partial charge is 0.416 e. The van der Waals surface area contributed by atoms with Crippen molar-refractivity contribution in [3.8, 4) is 11.5 Å². The van der Waals surface area contributed by atoms with Crippen LogP contribution in [0.1, 0.15) is 19.8 Å². The summed E-state index contributed by atoms with van der Waals surface area (Å²) in [5.41, 5.74) is 0. The molecule has 0 aromatic heterocycles.